The zero-order chi connectivity index (χ0) is 12.3. The Morgan fingerprint density at radius 1 is 1.50 bits per heavy atom. The van der Waals surface area contributed by atoms with Gasteiger partial charge in [0.1, 0.15) is 5.82 Å². The summed E-state index contributed by atoms with van der Waals surface area (Å²) in [6.07, 6.45) is 0. The first kappa shape index (κ1) is 12.5. The fourth-order valence-electron chi connectivity index (χ4n) is 1.17. The molecule has 8 heteroatoms. The van der Waals surface area contributed by atoms with E-state index in [0.29, 0.717) is 0 Å². The standard InChI is InChI=1S/C8H9FN2O4S/c1-2-10-16(14,15)8-6(9)4-3-5-7(8)11(12)13/h3-5,10H,2H2,1H3. The fourth-order valence-corrected chi connectivity index (χ4v) is 2.44. The first-order valence-corrected chi connectivity index (χ1v) is 5.81. The van der Waals surface area contributed by atoms with Crippen LogP contribution >= 0.6 is 0 Å². The van der Waals surface area contributed by atoms with Crippen molar-refractivity contribution in [1.82, 2.24) is 4.72 Å². The minimum absolute atomic E-state index is 0.0216. The number of halogens is 1. The number of nitrogens with one attached hydrogen (secondary N) is 1. The quantitative estimate of drug-likeness (QED) is 0.636. The zero-order valence-electron chi connectivity index (χ0n) is 8.31. The fraction of sp³-hybridized carbons (Fsp3) is 0.250. The summed E-state index contributed by atoms with van der Waals surface area (Å²) in [6, 6.07) is 2.88. The second-order valence-corrected chi connectivity index (χ2v) is 4.55. The van der Waals surface area contributed by atoms with Gasteiger partial charge < -0.3 is 0 Å². The molecule has 0 radical (unpaired) electrons. The molecule has 0 bridgehead atoms. The number of benzene rings is 1. The van der Waals surface area contributed by atoms with Gasteiger partial charge in [-0.15, -0.1) is 0 Å². The van der Waals surface area contributed by atoms with Crippen LogP contribution < -0.4 is 4.72 Å². The second kappa shape index (κ2) is 4.54. The highest BCUT2D eigenvalue weighted by atomic mass is 32.2. The van der Waals surface area contributed by atoms with Crippen LogP contribution in [0.15, 0.2) is 23.1 Å². The van der Waals surface area contributed by atoms with Gasteiger partial charge in [-0.2, -0.15) is 0 Å². The van der Waals surface area contributed by atoms with Crippen LogP contribution in [0.3, 0.4) is 0 Å². The van der Waals surface area contributed by atoms with Gasteiger partial charge in [0.15, 0.2) is 4.90 Å². The number of hydrogen-bond donors (Lipinski definition) is 1. The third kappa shape index (κ3) is 2.34. The van der Waals surface area contributed by atoms with E-state index < -0.39 is 31.3 Å². The summed E-state index contributed by atoms with van der Waals surface area (Å²) < 4.78 is 38.4. The van der Waals surface area contributed by atoms with Gasteiger partial charge in [-0.05, 0) is 6.07 Å². The first-order valence-electron chi connectivity index (χ1n) is 4.32. The lowest BCUT2D eigenvalue weighted by molar-refractivity contribution is -0.388. The van der Waals surface area contributed by atoms with Crippen molar-refractivity contribution < 1.29 is 17.7 Å². The van der Waals surface area contributed by atoms with Crippen molar-refractivity contribution in [2.75, 3.05) is 6.54 Å². The Bertz CT molecular complexity index is 515. The summed E-state index contributed by atoms with van der Waals surface area (Å²) in [6.45, 7) is 1.51. The SMILES string of the molecule is CCNS(=O)(=O)c1c(F)cccc1[N+](=O)[O-]. The smallest absolute Gasteiger partial charge is 0.258 e. The van der Waals surface area contributed by atoms with Gasteiger partial charge in [0.25, 0.3) is 5.69 Å². The molecule has 1 rings (SSSR count). The summed E-state index contributed by atoms with van der Waals surface area (Å²) in [4.78, 5) is 8.71. The molecule has 16 heavy (non-hydrogen) atoms. The molecule has 0 saturated carbocycles. The Hall–Kier alpha value is -1.54. The third-order valence-electron chi connectivity index (χ3n) is 1.75. The van der Waals surface area contributed by atoms with Crippen LogP contribution in [0.25, 0.3) is 0 Å². The maximum Gasteiger partial charge on any atom is 0.292 e. The molecule has 0 fully saturated rings. The summed E-state index contributed by atoms with van der Waals surface area (Å²) in [5, 5.41) is 10.6. The van der Waals surface area contributed by atoms with Crippen molar-refractivity contribution in [2.24, 2.45) is 0 Å². The Balaban J connectivity index is 3.48. The van der Waals surface area contributed by atoms with Crippen LogP contribution in [0.1, 0.15) is 6.92 Å². The van der Waals surface area contributed by atoms with Gasteiger partial charge in [-0.1, -0.05) is 13.0 Å². The third-order valence-corrected chi connectivity index (χ3v) is 3.36. The molecule has 1 N–H and O–H groups in total. The Labute approximate surface area is 91.3 Å². The molecule has 0 saturated heterocycles. The lowest BCUT2D eigenvalue weighted by Crippen LogP contribution is -2.25. The first-order chi connectivity index (χ1) is 7.40. The van der Waals surface area contributed by atoms with E-state index in [9.17, 15) is 22.9 Å². The molecule has 0 aliphatic heterocycles. The number of nitro benzene ring substituents is 1. The van der Waals surface area contributed by atoms with Crippen LogP contribution in [-0.2, 0) is 10.0 Å². The molecule has 1 aromatic rings. The Kier molecular flexibility index (Phi) is 3.55. The van der Waals surface area contributed by atoms with E-state index in [0.717, 1.165) is 18.2 Å². The van der Waals surface area contributed by atoms with Crippen LogP contribution in [0, 0.1) is 15.9 Å². The molecule has 0 atom stereocenters. The summed E-state index contributed by atoms with van der Waals surface area (Å²) >= 11 is 0. The lowest BCUT2D eigenvalue weighted by Gasteiger charge is -2.05. The van der Waals surface area contributed by atoms with E-state index in [1.54, 1.807) is 0 Å². The van der Waals surface area contributed by atoms with Gasteiger partial charge in [0.2, 0.25) is 10.0 Å². The molecule has 0 unspecified atom stereocenters. The van der Waals surface area contributed by atoms with Gasteiger partial charge in [0, 0.05) is 12.6 Å². The molecule has 0 heterocycles. The van der Waals surface area contributed by atoms with Gasteiger partial charge in [0.05, 0.1) is 4.92 Å². The maximum absolute atomic E-state index is 13.3. The van der Waals surface area contributed by atoms with Crippen LogP contribution in [0.2, 0.25) is 0 Å². The second-order valence-electron chi connectivity index (χ2n) is 2.85. The van der Waals surface area contributed by atoms with Crippen molar-refractivity contribution in [2.45, 2.75) is 11.8 Å². The molecule has 0 aromatic heterocycles. The largest absolute Gasteiger partial charge is 0.292 e. The van der Waals surface area contributed by atoms with Gasteiger partial charge in [-0.25, -0.2) is 17.5 Å². The Morgan fingerprint density at radius 2 is 2.12 bits per heavy atom. The van der Waals surface area contributed by atoms with Gasteiger partial charge in [-0.3, -0.25) is 10.1 Å². The van der Waals surface area contributed by atoms with Crippen LogP contribution in [0.4, 0.5) is 10.1 Å². The molecule has 0 aliphatic carbocycles. The number of nitrogens with zero attached hydrogens (tertiary/aromatic N) is 1. The molecular formula is C8H9FN2O4S. The van der Waals surface area contributed by atoms with E-state index in [1.165, 1.54) is 6.92 Å². The Morgan fingerprint density at radius 3 is 2.62 bits per heavy atom. The van der Waals surface area contributed by atoms with Crippen LogP contribution in [-0.4, -0.2) is 19.9 Å². The number of sulfonamides is 1. The summed E-state index contributed by atoms with van der Waals surface area (Å²) in [7, 11) is -4.18. The topological polar surface area (TPSA) is 89.3 Å². The molecular weight excluding hydrogens is 239 g/mol. The molecule has 88 valence electrons. The van der Waals surface area contributed by atoms with Crippen molar-refractivity contribution >= 4 is 15.7 Å². The summed E-state index contributed by atoms with van der Waals surface area (Å²) in [5.74, 6) is -1.14. The van der Waals surface area contributed by atoms with Crippen molar-refractivity contribution in [3.63, 3.8) is 0 Å². The molecule has 0 aliphatic rings. The monoisotopic (exact) mass is 248 g/mol. The molecule has 6 nitrogen and oxygen atoms in total. The van der Waals surface area contributed by atoms with Crippen LogP contribution in [0.5, 0.6) is 0 Å². The minimum Gasteiger partial charge on any atom is -0.258 e. The number of hydrogen-bond acceptors (Lipinski definition) is 4. The van der Waals surface area contributed by atoms with E-state index in [2.05, 4.69) is 0 Å². The van der Waals surface area contributed by atoms with E-state index >= 15 is 0 Å². The molecule has 0 amide bonds. The van der Waals surface area contributed by atoms with Crippen molar-refractivity contribution in [3.8, 4) is 0 Å². The number of nitro groups is 1. The number of rotatable bonds is 4. The minimum atomic E-state index is -4.18. The average molecular weight is 248 g/mol. The van der Waals surface area contributed by atoms with Crippen molar-refractivity contribution in [1.29, 1.82) is 0 Å². The van der Waals surface area contributed by atoms with Gasteiger partial charge >= 0.3 is 0 Å². The highest BCUT2D eigenvalue weighted by Crippen LogP contribution is 2.25. The predicted molar refractivity (Wildman–Crippen MR) is 53.9 cm³/mol. The average Bonchev–Trinajstić information content (AvgIpc) is 2.16. The maximum atomic E-state index is 13.3. The highest BCUT2D eigenvalue weighted by molar-refractivity contribution is 7.89. The normalized spacial score (nSPS) is 11.4. The zero-order valence-corrected chi connectivity index (χ0v) is 9.12. The van der Waals surface area contributed by atoms with E-state index in [-0.39, 0.29) is 6.54 Å². The highest BCUT2D eigenvalue weighted by Gasteiger charge is 2.28. The van der Waals surface area contributed by atoms with Crippen molar-refractivity contribution in [3.05, 3.63) is 34.1 Å². The lowest BCUT2D eigenvalue weighted by atomic mass is 10.3. The predicted octanol–water partition coefficient (Wildman–Crippen LogP) is 1.03. The van der Waals surface area contributed by atoms with E-state index in [1.807, 2.05) is 4.72 Å². The molecule has 0 spiro atoms. The summed E-state index contributed by atoms with van der Waals surface area (Å²) in [5.41, 5.74) is -0.777. The molecule has 1 aromatic carbocycles. The van der Waals surface area contributed by atoms with E-state index in [4.69, 9.17) is 0 Å².